The van der Waals surface area contributed by atoms with Crippen molar-refractivity contribution in [3.8, 4) is 0 Å². The molecule has 1 heterocycles. The Kier molecular flexibility index (Phi) is 5.42. The number of nitrogens with one attached hydrogen (secondary N) is 2. The number of hydrogen-bond acceptors (Lipinski definition) is 5. The van der Waals surface area contributed by atoms with E-state index in [0.29, 0.717) is 16.9 Å². The van der Waals surface area contributed by atoms with Gasteiger partial charge in [-0.2, -0.15) is 0 Å². The molecule has 0 fully saturated rings. The van der Waals surface area contributed by atoms with Gasteiger partial charge in [-0.1, -0.05) is 11.6 Å². The molecule has 0 unspecified atom stereocenters. The van der Waals surface area contributed by atoms with E-state index >= 15 is 0 Å². The molecule has 136 valence electrons. The van der Waals surface area contributed by atoms with Gasteiger partial charge in [0, 0.05) is 23.1 Å². The van der Waals surface area contributed by atoms with E-state index in [9.17, 15) is 14.0 Å². The largest absolute Gasteiger partial charge is 0.324 e. The number of rotatable bonds is 5. The fourth-order valence-corrected chi connectivity index (χ4v) is 2.41. The summed E-state index contributed by atoms with van der Waals surface area (Å²) in [6.07, 6.45) is 1.44. The highest BCUT2D eigenvalue weighted by Crippen LogP contribution is 2.20. The van der Waals surface area contributed by atoms with Crippen LogP contribution in [-0.4, -0.2) is 21.7 Å². The number of amides is 1. The maximum absolute atomic E-state index is 13.2. The van der Waals surface area contributed by atoms with E-state index in [4.69, 9.17) is 11.6 Å². The van der Waals surface area contributed by atoms with Crippen molar-refractivity contribution >= 4 is 40.6 Å². The lowest BCUT2D eigenvalue weighted by molar-refractivity contribution is 0.101. The lowest BCUT2D eigenvalue weighted by Gasteiger charge is -2.08. The molecule has 2 aromatic carbocycles. The number of ketones is 1. The van der Waals surface area contributed by atoms with Gasteiger partial charge in [0.2, 0.25) is 5.95 Å². The van der Waals surface area contributed by atoms with Gasteiger partial charge in [0.15, 0.2) is 5.78 Å². The van der Waals surface area contributed by atoms with Gasteiger partial charge >= 0.3 is 0 Å². The van der Waals surface area contributed by atoms with Crippen LogP contribution < -0.4 is 10.6 Å². The summed E-state index contributed by atoms with van der Waals surface area (Å²) in [5.74, 6) is -0.873. The smallest absolute Gasteiger partial charge is 0.274 e. The predicted molar refractivity (Wildman–Crippen MR) is 101 cm³/mol. The minimum absolute atomic E-state index is 0.0302. The van der Waals surface area contributed by atoms with Gasteiger partial charge in [0.1, 0.15) is 11.5 Å². The number of hydrogen-bond donors (Lipinski definition) is 2. The van der Waals surface area contributed by atoms with Crippen LogP contribution in [-0.2, 0) is 0 Å². The van der Waals surface area contributed by atoms with Crippen LogP contribution in [0.4, 0.5) is 21.7 Å². The number of Topliss-reactive ketones (excluding diaryl/α,β-unsaturated/α-hetero) is 1. The second kappa shape index (κ2) is 7.92. The molecule has 0 aliphatic heterocycles. The zero-order valence-corrected chi connectivity index (χ0v) is 14.9. The lowest BCUT2D eigenvalue weighted by atomic mass is 10.1. The van der Waals surface area contributed by atoms with E-state index in [1.165, 1.54) is 31.3 Å². The monoisotopic (exact) mass is 384 g/mol. The predicted octanol–water partition coefficient (Wildman–Crippen LogP) is 4.47. The first kappa shape index (κ1) is 18.5. The summed E-state index contributed by atoms with van der Waals surface area (Å²) in [5.41, 5.74) is 1.73. The topological polar surface area (TPSA) is 84.0 Å². The summed E-state index contributed by atoms with van der Waals surface area (Å²) < 4.78 is 13.2. The standard InChI is InChI=1S/C19H14ClFN4O2/c1-11(26)12-2-4-13(5-3-12)24-19-22-9-8-17(25-19)18(27)23-14-6-7-16(21)15(20)10-14/h2-10H,1H3,(H,23,27)(H,22,24,25). The minimum atomic E-state index is -0.570. The second-order valence-electron chi connectivity index (χ2n) is 5.61. The Balaban J connectivity index is 1.73. The zero-order valence-electron chi connectivity index (χ0n) is 14.2. The van der Waals surface area contributed by atoms with Crippen molar-refractivity contribution in [2.75, 3.05) is 10.6 Å². The Labute approximate surface area is 159 Å². The van der Waals surface area contributed by atoms with Crippen molar-refractivity contribution in [1.82, 2.24) is 9.97 Å². The van der Waals surface area contributed by atoms with Crippen LogP contribution in [0.1, 0.15) is 27.8 Å². The summed E-state index contributed by atoms with van der Waals surface area (Å²) in [4.78, 5) is 31.9. The number of halogens is 2. The highest BCUT2D eigenvalue weighted by Gasteiger charge is 2.11. The Bertz CT molecular complexity index is 1010. The Morgan fingerprint density at radius 1 is 1.04 bits per heavy atom. The molecule has 6 nitrogen and oxygen atoms in total. The third-order valence-corrected chi connectivity index (χ3v) is 3.90. The first-order valence-corrected chi connectivity index (χ1v) is 8.27. The maximum atomic E-state index is 13.2. The van der Waals surface area contributed by atoms with Gasteiger partial charge in [0.05, 0.1) is 5.02 Å². The minimum Gasteiger partial charge on any atom is -0.324 e. The highest BCUT2D eigenvalue weighted by atomic mass is 35.5. The molecule has 0 aliphatic rings. The average molecular weight is 385 g/mol. The molecular formula is C19H14ClFN4O2. The van der Waals surface area contributed by atoms with Crippen molar-refractivity contribution in [2.45, 2.75) is 6.92 Å². The SMILES string of the molecule is CC(=O)c1ccc(Nc2nccc(C(=O)Nc3ccc(F)c(Cl)c3)n2)cc1. The van der Waals surface area contributed by atoms with E-state index in [1.54, 1.807) is 24.3 Å². The molecule has 0 saturated heterocycles. The molecule has 0 aliphatic carbocycles. The summed E-state index contributed by atoms with van der Waals surface area (Å²) in [6.45, 7) is 1.49. The van der Waals surface area contributed by atoms with E-state index in [1.807, 2.05) is 0 Å². The van der Waals surface area contributed by atoms with Gasteiger partial charge in [-0.15, -0.1) is 0 Å². The number of anilines is 3. The number of aromatic nitrogens is 2. The van der Waals surface area contributed by atoms with Crippen molar-refractivity contribution in [3.63, 3.8) is 0 Å². The van der Waals surface area contributed by atoms with Crippen LogP contribution in [0.25, 0.3) is 0 Å². The molecule has 3 rings (SSSR count). The highest BCUT2D eigenvalue weighted by molar-refractivity contribution is 6.31. The molecule has 27 heavy (non-hydrogen) atoms. The van der Waals surface area contributed by atoms with Gasteiger partial charge in [-0.05, 0) is 55.5 Å². The number of benzene rings is 2. The Hall–Kier alpha value is -3.32. The van der Waals surface area contributed by atoms with Gasteiger partial charge < -0.3 is 10.6 Å². The first-order valence-electron chi connectivity index (χ1n) is 7.90. The summed E-state index contributed by atoms with van der Waals surface area (Å²) in [7, 11) is 0. The fraction of sp³-hybridized carbons (Fsp3) is 0.0526. The molecule has 0 saturated carbocycles. The number of nitrogens with zero attached hydrogens (tertiary/aromatic N) is 2. The molecule has 1 amide bonds. The van der Waals surface area contributed by atoms with Crippen LogP contribution in [0.5, 0.6) is 0 Å². The van der Waals surface area contributed by atoms with Crippen LogP contribution in [0.3, 0.4) is 0 Å². The van der Waals surface area contributed by atoms with E-state index < -0.39 is 11.7 Å². The molecule has 8 heteroatoms. The third kappa shape index (κ3) is 4.65. The van der Waals surface area contributed by atoms with Crippen LogP contribution in [0, 0.1) is 5.82 Å². The molecule has 1 aromatic heterocycles. The summed E-state index contributed by atoms with van der Waals surface area (Å²) in [5, 5.41) is 5.46. The van der Waals surface area contributed by atoms with Gasteiger partial charge in [0.25, 0.3) is 5.91 Å². The zero-order chi connectivity index (χ0) is 19.4. The Morgan fingerprint density at radius 2 is 1.74 bits per heavy atom. The maximum Gasteiger partial charge on any atom is 0.274 e. The molecule has 0 bridgehead atoms. The van der Waals surface area contributed by atoms with Crippen molar-refractivity contribution in [1.29, 1.82) is 0 Å². The van der Waals surface area contributed by atoms with Crippen LogP contribution in [0.2, 0.25) is 5.02 Å². The molecular weight excluding hydrogens is 371 g/mol. The molecule has 3 aromatic rings. The van der Waals surface area contributed by atoms with E-state index in [0.717, 1.165) is 6.07 Å². The molecule has 0 radical (unpaired) electrons. The fourth-order valence-electron chi connectivity index (χ4n) is 2.23. The molecule has 2 N–H and O–H groups in total. The van der Waals surface area contributed by atoms with E-state index in [-0.39, 0.29) is 22.4 Å². The lowest BCUT2D eigenvalue weighted by Crippen LogP contribution is -2.14. The quantitative estimate of drug-likeness (QED) is 0.634. The molecule has 0 spiro atoms. The Morgan fingerprint density at radius 3 is 2.41 bits per heavy atom. The van der Waals surface area contributed by atoms with Crippen molar-refractivity contribution < 1.29 is 14.0 Å². The number of carbonyl (C=O) groups excluding carboxylic acids is 2. The van der Waals surface area contributed by atoms with Gasteiger partial charge in [-0.3, -0.25) is 9.59 Å². The second-order valence-corrected chi connectivity index (χ2v) is 6.01. The summed E-state index contributed by atoms with van der Waals surface area (Å²) >= 11 is 5.71. The van der Waals surface area contributed by atoms with Crippen molar-refractivity contribution in [3.05, 3.63) is 76.8 Å². The normalized spacial score (nSPS) is 10.3. The number of carbonyl (C=O) groups is 2. The van der Waals surface area contributed by atoms with Gasteiger partial charge in [-0.25, -0.2) is 14.4 Å². The van der Waals surface area contributed by atoms with Crippen LogP contribution in [0.15, 0.2) is 54.7 Å². The van der Waals surface area contributed by atoms with Crippen LogP contribution >= 0.6 is 11.6 Å². The first-order chi connectivity index (χ1) is 12.9. The van der Waals surface area contributed by atoms with Crippen molar-refractivity contribution in [2.24, 2.45) is 0 Å². The molecule has 0 atom stereocenters. The average Bonchev–Trinajstić information content (AvgIpc) is 2.65. The third-order valence-electron chi connectivity index (χ3n) is 3.61. The van der Waals surface area contributed by atoms with E-state index in [2.05, 4.69) is 20.6 Å². The summed E-state index contributed by atoms with van der Waals surface area (Å²) in [6, 6.07) is 12.1.